The number of pyridine rings is 1. The zero-order valence-electron chi connectivity index (χ0n) is 16.5. The van der Waals surface area contributed by atoms with E-state index < -0.39 is 0 Å². The summed E-state index contributed by atoms with van der Waals surface area (Å²) in [6.45, 7) is 5.85. The number of nitrogens with one attached hydrogen (secondary N) is 1. The number of aromatic nitrogens is 2. The second kappa shape index (κ2) is 6.86. The van der Waals surface area contributed by atoms with Crippen molar-refractivity contribution in [2.24, 2.45) is 5.41 Å². The van der Waals surface area contributed by atoms with Crippen LogP contribution in [0.1, 0.15) is 64.7 Å². The van der Waals surface area contributed by atoms with Gasteiger partial charge in [0.25, 0.3) is 0 Å². The molecule has 4 rings (SSSR count). The second-order valence-corrected chi connectivity index (χ2v) is 8.44. The number of carbonyl (C=O) groups is 2. The fourth-order valence-electron chi connectivity index (χ4n) is 4.18. The lowest BCUT2D eigenvalue weighted by Crippen LogP contribution is -2.27. The number of aromatic amines is 1. The van der Waals surface area contributed by atoms with Gasteiger partial charge in [-0.25, -0.2) is 0 Å². The molecule has 0 amide bonds. The Balaban J connectivity index is 1.86. The van der Waals surface area contributed by atoms with Gasteiger partial charge in [-0.1, -0.05) is 32.0 Å². The van der Waals surface area contributed by atoms with E-state index in [0.717, 1.165) is 40.1 Å². The Labute approximate surface area is 165 Å². The highest BCUT2D eigenvalue weighted by Crippen LogP contribution is 2.40. The minimum absolute atomic E-state index is 0.0454. The van der Waals surface area contributed by atoms with E-state index in [0.29, 0.717) is 18.4 Å². The monoisotopic (exact) mass is 372 g/mol. The predicted octanol–water partition coefficient (Wildman–Crippen LogP) is 5.03. The Morgan fingerprint density at radius 3 is 2.61 bits per heavy atom. The first-order valence-corrected chi connectivity index (χ1v) is 9.61. The Morgan fingerprint density at radius 1 is 1.14 bits per heavy atom. The first-order valence-electron chi connectivity index (χ1n) is 9.61. The van der Waals surface area contributed by atoms with E-state index in [4.69, 9.17) is 0 Å². The Bertz CT molecular complexity index is 1060. The van der Waals surface area contributed by atoms with Crippen molar-refractivity contribution in [3.05, 3.63) is 76.7 Å². The maximum atomic E-state index is 13.0. The van der Waals surface area contributed by atoms with E-state index in [1.165, 1.54) is 0 Å². The molecule has 28 heavy (non-hydrogen) atoms. The summed E-state index contributed by atoms with van der Waals surface area (Å²) in [7, 11) is 0. The third-order valence-electron chi connectivity index (χ3n) is 5.44. The smallest absolute Gasteiger partial charge is 0.165 e. The molecule has 0 saturated carbocycles. The summed E-state index contributed by atoms with van der Waals surface area (Å²) in [4.78, 5) is 32.5. The number of H-pyrrole nitrogens is 1. The first kappa shape index (κ1) is 18.4. The molecular weight excluding hydrogens is 348 g/mol. The summed E-state index contributed by atoms with van der Waals surface area (Å²) in [5.74, 6) is 0.241. The summed E-state index contributed by atoms with van der Waals surface area (Å²) in [6, 6.07) is 11.6. The topological polar surface area (TPSA) is 62.8 Å². The van der Waals surface area contributed by atoms with Gasteiger partial charge in [0.05, 0.1) is 5.69 Å². The summed E-state index contributed by atoms with van der Waals surface area (Å²) < 4.78 is 0. The minimum atomic E-state index is -0.0454. The number of benzene rings is 1. The molecule has 0 unspecified atom stereocenters. The normalized spacial score (nSPS) is 15.3. The van der Waals surface area contributed by atoms with Gasteiger partial charge in [-0.15, -0.1) is 0 Å². The lowest BCUT2D eigenvalue weighted by Gasteiger charge is -2.28. The van der Waals surface area contributed by atoms with Crippen molar-refractivity contribution in [3.63, 3.8) is 0 Å². The van der Waals surface area contributed by atoms with E-state index in [1.807, 2.05) is 36.4 Å². The number of fused-ring (bicyclic) bond motifs is 1. The fraction of sp³-hybridized carbons (Fsp3) is 0.292. The molecule has 142 valence electrons. The van der Waals surface area contributed by atoms with Crippen molar-refractivity contribution in [2.75, 3.05) is 0 Å². The van der Waals surface area contributed by atoms with Gasteiger partial charge in [-0.2, -0.15) is 0 Å². The molecule has 2 aromatic heterocycles. The van der Waals surface area contributed by atoms with Gasteiger partial charge in [0, 0.05) is 47.6 Å². The molecule has 0 atom stereocenters. The van der Waals surface area contributed by atoms with Crippen LogP contribution in [0.15, 0.2) is 48.8 Å². The van der Waals surface area contributed by atoms with Crippen LogP contribution in [-0.2, 0) is 12.8 Å². The van der Waals surface area contributed by atoms with Gasteiger partial charge in [-0.3, -0.25) is 14.6 Å². The Hall–Kier alpha value is -3.01. The summed E-state index contributed by atoms with van der Waals surface area (Å²) in [5.41, 5.74) is 6.55. The molecule has 1 N–H and O–H groups in total. The van der Waals surface area contributed by atoms with Gasteiger partial charge < -0.3 is 4.98 Å². The molecular formula is C24H24N2O2. The number of rotatable bonds is 4. The van der Waals surface area contributed by atoms with Gasteiger partial charge in [0.15, 0.2) is 11.6 Å². The summed E-state index contributed by atoms with van der Waals surface area (Å²) in [5, 5.41) is 0. The molecule has 4 heteroatoms. The van der Waals surface area contributed by atoms with Crippen LogP contribution in [-0.4, -0.2) is 21.5 Å². The first-order chi connectivity index (χ1) is 13.3. The van der Waals surface area contributed by atoms with Crippen LogP contribution < -0.4 is 0 Å². The quantitative estimate of drug-likeness (QED) is 0.654. The largest absolute Gasteiger partial charge is 0.358 e. The molecule has 0 fully saturated rings. The number of ketones is 2. The van der Waals surface area contributed by atoms with E-state index >= 15 is 0 Å². The summed E-state index contributed by atoms with van der Waals surface area (Å²) in [6.07, 6.45) is 5.53. The molecule has 3 aromatic rings. The van der Waals surface area contributed by atoms with Crippen LogP contribution in [0.5, 0.6) is 0 Å². The standard InChI is InChI=1S/C24H24N2O2/c1-15(27)18-6-4-5-16(11-18)12-19-22-20(13-24(2,3)14-21(22)28)26-23(19)17-7-9-25-10-8-17/h4-11,26H,12-14H2,1-3H3. The number of hydrogen-bond acceptors (Lipinski definition) is 3. The highest BCUT2D eigenvalue weighted by Gasteiger charge is 2.35. The van der Waals surface area contributed by atoms with Crippen molar-refractivity contribution >= 4 is 11.6 Å². The molecule has 0 spiro atoms. The molecule has 1 aromatic carbocycles. The molecule has 2 heterocycles. The van der Waals surface area contributed by atoms with Crippen molar-refractivity contribution in [1.29, 1.82) is 0 Å². The van der Waals surface area contributed by atoms with Gasteiger partial charge >= 0.3 is 0 Å². The third kappa shape index (κ3) is 3.42. The second-order valence-electron chi connectivity index (χ2n) is 8.44. The zero-order valence-corrected chi connectivity index (χ0v) is 16.5. The number of hydrogen-bond donors (Lipinski definition) is 1. The van der Waals surface area contributed by atoms with E-state index in [9.17, 15) is 9.59 Å². The number of carbonyl (C=O) groups excluding carboxylic acids is 2. The molecule has 4 nitrogen and oxygen atoms in total. The third-order valence-corrected chi connectivity index (χ3v) is 5.44. The average Bonchev–Trinajstić information content (AvgIpc) is 2.99. The maximum absolute atomic E-state index is 13.0. The highest BCUT2D eigenvalue weighted by molar-refractivity contribution is 6.02. The van der Waals surface area contributed by atoms with E-state index in [1.54, 1.807) is 19.3 Å². The minimum Gasteiger partial charge on any atom is -0.358 e. The molecule has 1 aliphatic carbocycles. The van der Waals surface area contributed by atoms with Crippen LogP contribution in [0.3, 0.4) is 0 Å². The van der Waals surface area contributed by atoms with Crippen LogP contribution in [0.4, 0.5) is 0 Å². The van der Waals surface area contributed by atoms with Gasteiger partial charge in [-0.05, 0) is 48.1 Å². The molecule has 0 aliphatic heterocycles. The van der Waals surface area contributed by atoms with Crippen molar-refractivity contribution in [3.8, 4) is 11.3 Å². The Morgan fingerprint density at radius 2 is 1.89 bits per heavy atom. The lowest BCUT2D eigenvalue weighted by atomic mass is 9.75. The molecule has 1 aliphatic rings. The fourth-order valence-corrected chi connectivity index (χ4v) is 4.18. The number of Topliss-reactive ketones (excluding diaryl/α,β-unsaturated/α-hetero) is 2. The van der Waals surface area contributed by atoms with Crippen molar-refractivity contribution in [2.45, 2.75) is 40.0 Å². The lowest BCUT2D eigenvalue weighted by molar-refractivity contribution is 0.0910. The highest BCUT2D eigenvalue weighted by atomic mass is 16.1. The van der Waals surface area contributed by atoms with E-state index in [-0.39, 0.29) is 17.0 Å². The maximum Gasteiger partial charge on any atom is 0.165 e. The zero-order chi connectivity index (χ0) is 19.9. The van der Waals surface area contributed by atoms with Gasteiger partial charge in [0.1, 0.15) is 0 Å². The Kier molecular flexibility index (Phi) is 4.50. The molecule has 0 bridgehead atoms. The predicted molar refractivity (Wildman–Crippen MR) is 110 cm³/mol. The van der Waals surface area contributed by atoms with Crippen molar-refractivity contribution in [1.82, 2.24) is 9.97 Å². The summed E-state index contributed by atoms with van der Waals surface area (Å²) >= 11 is 0. The van der Waals surface area contributed by atoms with Crippen LogP contribution in [0.2, 0.25) is 0 Å². The average molecular weight is 372 g/mol. The SMILES string of the molecule is CC(=O)c1cccc(Cc2c(-c3ccncc3)[nH]c3c2C(=O)CC(C)(C)C3)c1. The molecule has 0 saturated heterocycles. The van der Waals surface area contributed by atoms with E-state index in [2.05, 4.69) is 23.8 Å². The molecule has 0 radical (unpaired) electrons. The van der Waals surface area contributed by atoms with Crippen molar-refractivity contribution < 1.29 is 9.59 Å². The van der Waals surface area contributed by atoms with Crippen LogP contribution in [0.25, 0.3) is 11.3 Å². The van der Waals surface area contributed by atoms with Crippen LogP contribution >= 0.6 is 0 Å². The van der Waals surface area contributed by atoms with Gasteiger partial charge in [0.2, 0.25) is 0 Å². The number of nitrogens with zero attached hydrogens (tertiary/aromatic N) is 1. The van der Waals surface area contributed by atoms with Crippen LogP contribution in [0, 0.1) is 5.41 Å².